The van der Waals surface area contributed by atoms with E-state index in [1.165, 1.54) is 0 Å². The fraction of sp³-hybridized carbons (Fsp3) is 0.182. The normalized spacial score (nSPS) is 11.1. The Morgan fingerprint density at radius 1 is 1.50 bits per heavy atom. The van der Waals surface area contributed by atoms with Crippen molar-refractivity contribution in [3.8, 4) is 0 Å². The molecule has 0 fully saturated rings. The minimum absolute atomic E-state index is 0. The largest absolute Gasteiger partial charge is 1.00 e. The number of benzene rings is 1. The molecule has 3 heteroatoms. The number of carboxylic acid groups (broad SMARTS) is 1. The van der Waals surface area contributed by atoms with Crippen molar-refractivity contribution in [2.45, 2.75) is 12.3 Å². The van der Waals surface area contributed by atoms with E-state index < -0.39 is 11.9 Å². The number of allylic oxidation sites excluding steroid dienone is 1. The van der Waals surface area contributed by atoms with Crippen molar-refractivity contribution in [2.75, 3.05) is 0 Å². The first-order valence-corrected chi connectivity index (χ1v) is 4.14. The molecule has 1 rings (SSSR count). The van der Waals surface area contributed by atoms with Crippen LogP contribution in [0.4, 0.5) is 0 Å². The van der Waals surface area contributed by atoms with Crippen LogP contribution in [0.5, 0.6) is 0 Å². The van der Waals surface area contributed by atoms with E-state index in [9.17, 15) is 4.79 Å². The summed E-state index contributed by atoms with van der Waals surface area (Å²) in [6.45, 7) is 3.55. The predicted molar refractivity (Wildman–Crippen MR) is 52.7 cm³/mol. The summed E-state index contributed by atoms with van der Waals surface area (Å²) in [5.74, 6) is -1.26. The monoisotopic (exact) mass is 184 g/mol. The third-order valence-corrected chi connectivity index (χ3v) is 1.90. The Labute approximate surface area is 97.3 Å². The second-order valence-electron chi connectivity index (χ2n) is 2.83. The maximum absolute atomic E-state index is 10.8. The van der Waals surface area contributed by atoms with E-state index in [0.29, 0.717) is 6.42 Å². The summed E-state index contributed by atoms with van der Waals surface area (Å²) in [6, 6.07) is 9.20. The Bertz CT molecular complexity index is 301. The summed E-state index contributed by atoms with van der Waals surface area (Å²) in [4.78, 5) is 10.8. The van der Waals surface area contributed by atoms with Gasteiger partial charge in [0.25, 0.3) is 0 Å². The molecule has 0 saturated heterocycles. The Morgan fingerprint density at radius 2 is 2.07 bits per heavy atom. The minimum Gasteiger partial charge on any atom is -1.00 e. The maximum Gasteiger partial charge on any atom is 1.00 e. The topological polar surface area (TPSA) is 37.3 Å². The Balaban J connectivity index is 0. The first-order chi connectivity index (χ1) is 6.25. The van der Waals surface area contributed by atoms with Crippen LogP contribution in [0.25, 0.3) is 0 Å². The third-order valence-electron chi connectivity index (χ3n) is 1.90. The van der Waals surface area contributed by atoms with Crippen molar-refractivity contribution in [3.05, 3.63) is 48.6 Å². The SMILES string of the molecule is C=CC[C@@H](C(=O)O)c1ccccc1.[H-].[Li+]. The van der Waals surface area contributed by atoms with Crippen molar-refractivity contribution in [1.82, 2.24) is 0 Å². The molecule has 0 aliphatic rings. The van der Waals surface area contributed by atoms with Crippen LogP contribution in [0.15, 0.2) is 43.0 Å². The summed E-state index contributed by atoms with van der Waals surface area (Å²) >= 11 is 0. The average Bonchev–Trinajstić information content (AvgIpc) is 2.15. The summed E-state index contributed by atoms with van der Waals surface area (Å²) in [7, 11) is 0. The van der Waals surface area contributed by atoms with Crippen molar-refractivity contribution in [3.63, 3.8) is 0 Å². The number of hydrogen-bond donors (Lipinski definition) is 1. The quantitative estimate of drug-likeness (QED) is 0.508. The summed E-state index contributed by atoms with van der Waals surface area (Å²) in [5.41, 5.74) is 0.829. The zero-order valence-electron chi connectivity index (χ0n) is 9.31. The van der Waals surface area contributed by atoms with Crippen LogP contribution in [0.2, 0.25) is 0 Å². The van der Waals surface area contributed by atoms with Gasteiger partial charge >= 0.3 is 24.8 Å². The molecule has 0 amide bonds. The van der Waals surface area contributed by atoms with Crippen LogP contribution in [0.1, 0.15) is 19.3 Å². The van der Waals surface area contributed by atoms with Gasteiger partial charge in [-0.3, -0.25) is 4.79 Å². The van der Waals surface area contributed by atoms with Gasteiger partial charge in [-0.2, -0.15) is 0 Å². The molecule has 1 atom stereocenters. The van der Waals surface area contributed by atoms with Gasteiger partial charge in [0.2, 0.25) is 0 Å². The Hall–Kier alpha value is -0.973. The van der Waals surface area contributed by atoms with Gasteiger partial charge in [-0.1, -0.05) is 36.4 Å². The van der Waals surface area contributed by atoms with E-state index in [1.54, 1.807) is 6.08 Å². The number of hydrogen-bond acceptors (Lipinski definition) is 1. The van der Waals surface area contributed by atoms with Crippen LogP contribution in [0.3, 0.4) is 0 Å². The van der Waals surface area contributed by atoms with Gasteiger partial charge in [0.1, 0.15) is 0 Å². The smallest absolute Gasteiger partial charge is 1.00 e. The fourth-order valence-electron chi connectivity index (χ4n) is 1.23. The van der Waals surface area contributed by atoms with E-state index >= 15 is 0 Å². The molecule has 0 saturated carbocycles. The molecule has 0 heterocycles. The molecule has 0 aliphatic heterocycles. The zero-order chi connectivity index (χ0) is 9.68. The fourth-order valence-corrected chi connectivity index (χ4v) is 1.23. The van der Waals surface area contributed by atoms with E-state index in [-0.39, 0.29) is 20.3 Å². The molecule has 0 aliphatic carbocycles. The molecular formula is C11H13LiO2. The number of rotatable bonds is 4. The van der Waals surface area contributed by atoms with Gasteiger partial charge in [-0.05, 0) is 12.0 Å². The maximum atomic E-state index is 10.8. The molecule has 70 valence electrons. The van der Waals surface area contributed by atoms with Crippen molar-refractivity contribution >= 4 is 5.97 Å². The summed E-state index contributed by atoms with van der Waals surface area (Å²) in [5, 5.41) is 8.91. The van der Waals surface area contributed by atoms with E-state index in [2.05, 4.69) is 6.58 Å². The third kappa shape index (κ3) is 3.41. The molecule has 14 heavy (non-hydrogen) atoms. The van der Waals surface area contributed by atoms with Crippen LogP contribution < -0.4 is 18.9 Å². The van der Waals surface area contributed by atoms with E-state index in [4.69, 9.17) is 5.11 Å². The molecule has 0 spiro atoms. The molecule has 0 aromatic heterocycles. The first-order valence-electron chi connectivity index (χ1n) is 4.14. The van der Waals surface area contributed by atoms with Gasteiger partial charge in [0, 0.05) is 0 Å². The molecule has 0 bridgehead atoms. The minimum atomic E-state index is -0.800. The molecule has 1 N–H and O–H groups in total. The van der Waals surface area contributed by atoms with Gasteiger partial charge in [0.05, 0.1) is 5.92 Å². The van der Waals surface area contributed by atoms with E-state index in [1.807, 2.05) is 30.3 Å². The number of carbonyl (C=O) groups is 1. The molecule has 1 aromatic carbocycles. The Morgan fingerprint density at radius 3 is 2.50 bits per heavy atom. The summed E-state index contributed by atoms with van der Waals surface area (Å²) < 4.78 is 0. The predicted octanol–water partition coefficient (Wildman–Crippen LogP) is -0.453. The molecule has 2 nitrogen and oxygen atoms in total. The second kappa shape index (κ2) is 6.48. The zero-order valence-corrected chi connectivity index (χ0v) is 8.31. The molecule has 0 radical (unpaired) electrons. The van der Waals surface area contributed by atoms with Crippen molar-refractivity contribution < 1.29 is 30.2 Å². The van der Waals surface area contributed by atoms with Gasteiger partial charge < -0.3 is 6.53 Å². The van der Waals surface area contributed by atoms with Crippen molar-refractivity contribution in [2.24, 2.45) is 0 Å². The van der Waals surface area contributed by atoms with Crippen LogP contribution in [-0.2, 0) is 4.79 Å². The molecular weight excluding hydrogens is 171 g/mol. The van der Waals surface area contributed by atoms with Crippen molar-refractivity contribution in [1.29, 1.82) is 0 Å². The number of aliphatic carboxylic acids is 1. The first kappa shape index (κ1) is 13.0. The Kier molecular flexibility index (Phi) is 6.03. The van der Waals surface area contributed by atoms with Gasteiger partial charge in [-0.25, -0.2) is 0 Å². The van der Waals surface area contributed by atoms with Gasteiger partial charge in [-0.15, -0.1) is 6.58 Å². The standard InChI is InChI=1S/C11H12O2.Li.H/c1-2-6-10(11(12)13)9-7-4-3-5-8-9;;/h2-5,7-8,10H,1,6H2,(H,12,13);;/q;+1;-1/t10-;;/m1../s1. The number of carboxylic acids is 1. The molecule has 0 unspecified atom stereocenters. The average molecular weight is 184 g/mol. The van der Waals surface area contributed by atoms with E-state index in [0.717, 1.165) is 5.56 Å². The van der Waals surface area contributed by atoms with Crippen LogP contribution in [0, 0.1) is 0 Å². The molecule has 1 aromatic rings. The van der Waals surface area contributed by atoms with Gasteiger partial charge in [0.15, 0.2) is 0 Å². The van der Waals surface area contributed by atoms with Crippen LogP contribution in [-0.4, -0.2) is 11.1 Å². The summed E-state index contributed by atoms with van der Waals surface area (Å²) in [6.07, 6.45) is 2.10. The second-order valence-corrected chi connectivity index (χ2v) is 2.83. The van der Waals surface area contributed by atoms with Crippen LogP contribution >= 0.6 is 0 Å².